The molecule has 1 aromatic heterocycles. The molecule has 0 saturated carbocycles. The lowest BCUT2D eigenvalue weighted by molar-refractivity contribution is -0.121. The highest BCUT2D eigenvalue weighted by molar-refractivity contribution is 5.82. The zero-order valence-corrected chi connectivity index (χ0v) is 11.2. The third-order valence-electron chi connectivity index (χ3n) is 2.75. The predicted molar refractivity (Wildman–Crippen MR) is 65.0 cm³/mol. The van der Waals surface area contributed by atoms with Crippen LogP contribution in [0.15, 0.2) is 10.6 Å². The van der Waals surface area contributed by atoms with Gasteiger partial charge in [-0.1, -0.05) is 32.9 Å². The summed E-state index contributed by atoms with van der Waals surface area (Å²) in [6.45, 7) is 8.39. The van der Waals surface area contributed by atoms with Crippen molar-refractivity contribution in [1.29, 1.82) is 0 Å². The van der Waals surface area contributed by atoms with Crippen molar-refractivity contribution >= 4 is 5.78 Å². The molecule has 1 aromatic rings. The van der Waals surface area contributed by atoms with E-state index in [1.54, 1.807) is 7.11 Å². The first kappa shape index (κ1) is 13.9. The van der Waals surface area contributed by atoms with E-state index < -0.39 is 0 Å². The third kappa shape index (κ3) is 3.66. The van der Waals surface area contributed by atoms with Gasteiger partial charge < -0.3 is 9.26 Å². The Bertz CT molecular complexity index is 380. The molecule has 0 bridgehead atoms. The second-order valence-corrected chi connectivity index (χ2v) is 5.29. The van der Waals surface area contributed by atoms with Gasteiger partial charge in [0.2, 0.25) is 0 Å². The van der Waals surface area contributed by atoms with Crippen molar-refractivity contribution in [3.05, 3.63) is 17.5 Å². The Kier molecular flexibility index (Phi) is 4.46. The van der Waals surface area contributed by atoms with Gasteiger partial charge in [0, 0.05) is 24.5 Å². The average molecular weight is 239 g/mol. The Labute approximate surface area is 102 Å². The topological polar surface area (TPSA) is 52.3 Å². The van der Waals surface area contributed by atoms with Crippen LogP contribution >= 0.6 is 0 Å². The first-order chi connectivity index (χ1) is 7.86. The molecule has 96 valence electrons. The minimum atomic E-state index is -0.197. The number of carbonyl (C=O) groups excluding carboxylic acids is 1. The predicted octanol–water partition coefficient (Wildman–Crippen LogP) is 2.37. The van der Waals surface area contributed by atoms with E-state index in [9.17, 15) is 4.79 Å². The fourth-order valence-electron chi connectivity index (χ4n) is 1.53. The number of Topliss-reactive ketones (excluding diaryl/α,β-unsaturated/α-hetero) is 1. The van der Waals surface area contributed by atoms with Crippen LogP contribution in [0.3, 0.4) is 0 Å². The maximum Gasteiger partial charge on any atom is 0.144 e. The summed E-state index contributed by atoms with van der Waals surface area (Å²) in [5.41, 5.74) is 0.628. The minimum Gasteiger partial charge on any atom is -0.384 e. The lowest BCUT2D eigenvalue weighted by Crippen LogP contribution is -2.23. The Balaban J connectivity index is 2.75. The molecule has 0 spiro atoms. The van der Waals surface area contributed by atoms with Crippen LogP contribution in [0.4, 0.5) is 0 Å². The summed E-state index contributed by atoms with van der Waals surface area (Å²) in [6.07, 6.45) is 0.313. The van der Waals surface area contributed by atoms with E-state index in [1.807, 2.05) is 33.8 Å². The summed E-state index contributed by atoms with van der Waals surface area (Å²) in [5, 5.41) is 4.01. The second kappa shape index (κ2) is 5.45. The van der Waals surface area contributed by atoms with Crippen LogP contribution in [-0.2, 0) is 21.4 Å². The highest BCUT2D eigenvalue weighted by Crippen LogP contribution is 2.23. The zero-order valence-electron chi connectivity index (χ0n) is 11.2. The van der Waals surface area contributed by atoms with Crippen LogP contribution in [-0.4, -0.2) is 24.7 Å². The van der Waals surface area contributed by atoms with Crippen LogP contribution in [0.25, 0.3) is 0 Å². The maximum absolute atomic E-state index is 11.6. The van der Waals surface area contributed by atoms with Crippen molar-refractivity contribution in [1.82, 2.24) is 5.16 Å². The van der Waals surface area contributed by atoms with Crippen molar-refractivity contribution < 1.29 is 14.1 Å². The molecule has 0 N–H and O–H groups in total. The summed E-state index contributed by atoms with van der Waals surface area (Å²) < 4.78 is 10.3. The smallest absolute Gasteiger partial charge is 0.144 e. The Morgan fingerprint density at radius 1 is 1.53 bits per heavy atom. The normalized spacial score (nSPS) is 12.1. The molecule has 0 radical (unpaired) electrons. The number of hydrogen-bond acceptors (Lipinski definition) is 4. The summed E-state index contributed by atoms with van der Waals surface area (Å²) in [5.74, 6) is 0.815. The molecule has 0 aliphatic heterocycles. The summed E-state index contributed by atoms with van der Waals surface area (Å²) >= 11 is 0. The lowest BCUT2D eigenvalue weighted by Gasteiger charge is -2.19. The highest BCUT2D eigenvalue weighted by Gasteiger charge is 2.25. The van der Waals surface area contributed by atoms with Crippen molar-refractivity contribution in [3.63, 3.8) is 0 Å². The highest BCUT2D eigenvalue weighted by atomic mass is 16.5. The molecule has 1 heterocycles. The van der Waals surface area contributed by atoms with Gasteiger partial charge in [0.15, 0.2) is 0 Å². The molecule has 4 heteroatoms. The third-order valence-corrected chi connectivity index (χ3v) is 2.75. The molecule has 0 atom stereocenters. The van der Waals surface area contributed by atoms with E-state index in [4.69, 9.17) is 9.26 Å². The van der Waals surface area contributed by atoms with Gasteiger partial charge in [-0.25, -0.2) is 0 Å². The molecule has 0 aliphatic carbocycles. The molecule has 0 fully saturated rings. The van der Waals surface area contributed by atoms with Crippen LogP contribution < -0.4 is 0 Å². The molecule has 1 rings (SSSR count). The Morgan fingerprint density at radius 2 is 2.18 bits per heavy atom. The first-order valence-electron chi connectivity index (χ1n) is 5.84. The number of hydrogen-bond donors (Lipinski definition) is 0. The summed E-state index contributed by atoms with van der Waals surface area (Å²) in [7, 11) is 1.66. The van der Waals surface area contributed by atoms with Crippen LogP contribution in [0.1, 0.15) is 39.1 Å². The van der Waals surface area contributed by atoms with Crippen molar-refractivity contribution in [2.24, 2.45) is 5.92 Å². The first-order valence-corrected chi connectivity index (χ1v) is 5.84. The number of ketones is 1. The summed E-state index contributed by atoms with van der Waals surface area (Å²) in [6, 6.07) is 1.85. The SMILES string of the molecule is COCC(C)(C)c1cc(CC(=O)C(C)C)on1. The number of aromatic nitrogens is 1. The van der Waals surface area contributed by atoms with Gasteiger partial charge in [0.1, 0.15) is 11.5 Å². The fourth-order valence-corrected chi connectivity index (χ4v) is 1.53. The van der Waals surface area contributed by atoms with Crippen LogP contribution in [0.2, 0.25) is 0 Å². The number of nitrogens with zero attached hydrogens (tertiary/aromatic N) is 1. The van der Waals surface area contributed by atoms with Gasteiger partial charge in [-0.3, -0.25) is 4.79 Å². The van der Waals surface area contributed by atoms with Crippen molar-refractivity contribution in [2.45, 2.75) is 39.5 Å². The quantitative estimate of drug-likeness (QED) is 0.764. The largest absolute Gasteiger partial charge is 0.384 e. The molecule has 0 unspecified atom stereocenters. The van der Waals surface area contributed by atoms with E-state index in [-0.39, 0.29) is 17.1 Å². The molecular weight excluding hydrogens is 218 g/mol. The van der Waals surface area contributed by atoms with Gasteiger partial charge in [-0.2, -0.15) is 0 Å². The van der Waals surface area contributed by atoms with Crippen LogP contribution in [0, 0.1) is 5.92 Å². The molecule has 0 amide bonds. The van der Waals surface area contributed by atoms with Gasteiger partial charge in [0.25, 0.3) is 0 Å². The summed E-state index contributed by atoms with van der Waals surface area (Å²) in [4.78, 5) is 11.6. The Hall–Kier alpha value is -1.16. The standard InChI is InChI=1S/C13H21NO3/c1-9(2)11(15)6-10-7-12(14-17-10)13(3,4)8-16-5/h7,9H,6,8H2,1-5H3. The van der Waals surface area contributed by atoms with E-state index in [1.165, 1.54) is 0 Å². The van der Waals surface area contributed by atoms with Gasteiger partial charge in [0.05, 0.1) is 18.7 Å². The maximum atomic E-state index is 11.6. The van der Waals surface area contributed by atoms with Gasteiger partial charge in [-0.05, 0) is 0 Å². The average Bonchev–Trinajstić information content (AvgIpc) is 2.66. The van der Waals surface area contributed by atoms with Gasteiger partial charge in [-0.15, -0.1) is 0 Å². The molecule has 0 aromatic carbocycles. The van der Waals surface area contributed by atoms with E-state index in [0.29, 0.717) is 18.8 Å². The molecular formula is C13H21NO3. The zero-order chi connectivity index (χ0) is 13.1. The van der Waals surface area contributed by atoms with E-state index >= 15 is 0 Å². The number of methoxy groups -OCH3 is 1. The fraction of sp³-hybridized carbons (Fsp3) is 0.692. The van der Waals surface area contributed by atoms with E-state index in [2.05, 4.69) is 5.16 Å². The number of ether oxygens (including phenoxy) is 1. The van der Waals surface area contributed by atoms with E-state index in [0.717, 1.165) is 5.69 Å². The molecule has 4 nitrogen and oxygen atoms in total. The Morgan fingerprint density at radius 3 is 2.71 bits per heavy atom. The number of carbonyl (C=O) groups is 1. The minimum absolute atomic E-state index is 0.0236. The monoisotopic (exact) mass is 239 g/mol. The van der Waals surface area contributed by atoms with Gasteiger partial charge >= 0.3 is 0 Å². The second-order valence-electron chi connectivity index (χ2n) is 5.29. The number of rotatable bonds is 6. The van der Waals surface area contributed by atoms with Crippen LogP contribution in [0.5, 0.6) is 0 Å². The van der Waals surface area contributed by atoms with Crippen molar-refractivity contribution in [2.75, 3.05) is 13.7 Å². The van der Waals surface area contributed by atoms with Crippen molar-refractivity contribution in [3.8, 4) is 0 Å². The lowest BCUT2D eigenvalue weighted by atomic mass is 9.90. The molecule has 17 heavy (non-hydrogen) atoms. The molecule has 0 aliphatic rings. The molecule has 0 saturated heterocycles.